The van der Waals surface area contributed by atoms with Gasteiger partial charge in [-0.15, -0.1) is 0 Å². The van der Waals surface area contributed by atoms with E-state index in [-0.39, 0.29) is 0 Å². The van der Waals surface area contributed by atoms with Crippen LogP contribution in [0, 0.1) is 5.92 Å². The van der Waals surface area contributed by atoms with Gasteiger partial charge in [0.05, 0.1) is 7.11 Å². The standard InChI is InChI=1S/C15H23NO/c1-16-14(11-12-7-3-4-8-12)13-9-5-6-10-15(13)17-2/h5-6,9-10,12,14,16H,3-4,7-8,11H2,1-2H3. The monoisotopic (exact) mass is 233 g/mol. The molecule has 94 valence electrons. The number of methoxy groups -OCH3 is 1. The van der Waals surface area contributed by atoms with Crippen LogP contribution in [-0.4, -0.2) is 14.2 Å². The number of benzene rings is 1. The molecule has 1 saturated carbocycles. The molecule has 2 rings (SSSR count). The summed E-state index contributed by atoms with van der Waals surface area (Å²) < 4.78 is 5.45. The van der Waals surface area contributed by atoms with E-state index in [1.807, 2.05) is 19.2 Å². The lowest BCUT2D eigenvalue weighted by Crippen LogP contribution is -2.19. The summed E-state index contributed by atoms with van der Waals surface area (Å²) in [7, 11) is 3.80. The van der Waals surface area contributed by atoms with Gasteiger partial charge in [0.15, 0.2) is 0 Å². The van der Waals surface area contributed by atoms with Gasteiger partial charge in [-0.25, -0.2) is 0 Å². The first-order chi connectivity index (χ1) is 8.35. The van der Waals surface area contributed by atoms with E-state index in [1.54, 1.807) is 7.11 Å². The second-order valence-electron chi connectivity index (χ2n) is 4.97. The molecule has 2 nitrogen and oxygen atoms in total. The maximum Gasteiger partial charge on any atom is 0.123 e. The summed E-state index contributed by atoms with van der Waals surface area (Å²) >= 11 is 0. The Bertz CT molecular complexity index is 345. The minimum absolute atomic E-state index is 0.425. The van der Waals surface area contributed by atoms with Gasteiger partial charge in [-0.2, -0.15) is 0 Å². The lowest BCUT2D eigenvalue weighted by molar-refractivity contribution is 0.377. The average molecular weight is 233 g/mol. The SMILES string of the molecule is CNC(CC1CCCC1)c1ccccc1OC. The highest BCUT2D eigenvalue weighted by Crippen LogP contribution is 2.35. The van der Waals surface area contributed by atoms with Crippen molar-refractivity contribution in [1.29, 1.82) is 0 Å². The molecule has 1 fully saturated rings. The topological polar surface area (TPSA) is 21.3 Å². The van der Waals surface area contributed by atoms with Crippen molar-refractivity contribution in [3.8, 4) is 5.75 Å². The molecule has 17 heavy (non-hydrogen) atoms. The van der Waals surface area contributed by atoms with Crippen LogP contribution in [0.1, 0.15) is 43.7 Å². The molecule has 1 N–H and O–H groups in total. The molecule has 0 amide bonds. The molecular formula is C15H23NO. The fourth-order valence-electron chi connectivity index (χ4n) is 2.93. The molecule has 0 aliphatic heterocycles. The number of rotatable bonds is 5. The molecule has 0 spiro atoms. The van der Waals surface area contributed by atoms with Crippen molar-refractivity contribution in [3.63, 3.8) is 0 Å². The molecule has 1 atom stereocenters. The Balaban J connectivity index is 2.10. The van der Waals surface area contributed by atoms with E-state index in [1.165, 1.54) is 37.7 Å². The first-order valence-corrected chi connectivity index (χ1v) is 6.65. The summed E-state index contributed by atoms with van der Waals surface area (Å²) in [5.74, 6) is 1.89. The number of hydrogen-bond acceptors (Lipinski definition) is 2. The first-order valence-electron chi connectivity index (χ1n) is 6.65. The molecule has 1 aromatic rings. The molecular weight excluding hydrogens is 210 g/mol. The van der Waals surface area contributed by atoms with Crippen molar-refractivity contribution >= 4 is 0 Å². The Kier molecular flexibility index (Phi) is 4.43. The molecule has 0 saturated heterocycles. The predicted molar refractivity (Wildman–Crippen MR) is 71.4 cm³/mol. The highest BCUT2D eigenvalue weighted by atomic mass is 16.5. The summed E-state index contributed by atoms with van der Waals surface area (Å²) in [5.41, 5.74) is 1.30. The van der Waals surface area contributed by atoms with E-state index in [9.17, 15) is 0 Å². The molecule has 0 bridgehead atoms. The maximum absolute atomic E-state index is 5.45. The average Bonchev–Trinajstić information content (AvgIpc) is 2.89. The Hall–Kier alpha value is -1.02. The maximum atomic E-state index is 5.45. The fourth-order valence-corrected chi connectivity index (χ4v) is 2.93. The van der Waals surface area contributed by atoms with Crippen LogP contribution < -0.4 is 10.1 Å². The van der Waals surface area contributed by atoms with Gasteiger partial charge < -0.3 is 10.1 Å². The smallest absolute Gasteiger partial charge is 0.123 e. The summed E-state index contributed by atoms with van der Waals surface area (Å²) in [6.07, 6.45) is 6.84. The van der Waals surface area contributed by atoms with Crippen LogP contribution in [-0.2, 0) is 0 Å². The second kappa shape index (κ2) is 6.06. The third-order valence-electron chi connectivity index (χ3n) is 3.91. The zero-order valence-corrected chi connectivity index (χ0v) is 10.9. The Morgan fingerprint density at radius 2 is 2.00 bits per heavy atom. The van der Waals surface area contributed by atoms with Gasteiger partial charge in [-0.1, -0.05) is 43.9 Å². The number of para-hydroxylation sites is 1. The van der Waals surface area contributed by atoms with Crippen molar-refractivity contribution < 1.29 is 4.74 Å². The summed E-state index contributed by atoms with van der Waals surface area (Å²) in [5, 5.41) is 3.44. The molecule has 0 aromatic heterocycles. The second-order valence-corrected chi connectivity index (χ2v) is 4.97. The van der Waals surface area contributed by atoms with Crippen LogP contribution in [0.3, 0.4) is 0 Å². The number of ether oxygens (including phenoxy) is 1. The molecule has 1 aliphatic carbocycles. The van der Waals surface area contributed by atoms with Crippen molar-refractivity contribution in [2.45, 2.75) is 38.1 Å². The predicted octanol–water partition coefficient (Wildman–Crippen LogP) is 3.54. The van der Waals surface area contributed by atoms with Crippen molar-refractivity contribution in [3.05, 3.63) is 29.8 Å². The van der Waals surface area contributed by atoms with Gasteiger partial charge in [0.2, 0.25) is 0 Å². The largest absolute Gasteiger partial charge is 0.496 e. The Morgan fingerprint density at radius 3 is 2.65 bits per heavy atom. The Morgan fingerprint density at radius 1 is 1.29 bits per heavy atom. The first kappa shape index (κ1) is 12.4. The van der Waals surface area contributed by atoms with Crippen molar-refractivity contribution in [2.24, 2.45) is 5.92 Å². The molecule has 0 radical (unpaired) electrons. The van der Waals surface area contributed by atoms with Crippen LogP contribution in [0.25, 0.3) is 0 Å². The number of hydrogen-bond donors (Lipinski definition) is 1. The fraction of sp³-hybridized carbons (Fsp3) is 0.600. The minimum Gasteiger partial charge on any atom is -0.496 e. The molecule has 1 aromatic carbocycles. The molecule has 0 heterocycles. The van der Waals surface area contributed by atoms with E-state index in [4.69, 9.17) is 4.74 Å². The normalized spacial score (nSPS) is 18.2. The van der Waals surface area contributed by atoms with Gasteiger partial charge in [-0.05, 0) is 25.5 Å². The summed E-state index contributed by atoms with van der Waals surface area (Å²) in [6, 6.07) is 8.78. The van der Waals surface area contributed by atoms with Gasteiger partial charge in [-0.3, -0.25) is 0 Å². The minimum atomic E-state index is 0.425. The van der Waals surface area contributed by atoms with Crippen molar-refractivity contribution in [1.82, 2.24) is 5.32 Å². The van der Waals surface area contributed by atoms with Gasteiger partial charge >= 0.3 is 0 Å². The lowest BCUT2D eigenvalue weighted by atomic mass is 9.93. The van der Waals surface area contributed by atoms with Crippen LogP contribution in [0.4, 0.5) is 0 Å². The summed E-state index contributed by atoms with van der Waals surface area (Å²) in [6.45, 7) is 0. The van der Waals surface area contributed by atoms with Crippen LogP contribution in [0.15, 0.2) is 24.3 Å². The highest BCUT2D eigenvalue weighted by molar-refractivity contribution is 5.35. The van der Waals surface area contributed by atoms with Gasteiger partial charge in [0.25, 0.3) is 0 Å². The van der Waals surface area contributed by atoms with Crippen LogP contribution >= 0.6 is 0 Å². The van der Waals surface area contributed by atoms with Crippen LogP contribution in [0.5, 0.6) is 5.75 Å². The van der Waals surface area contributed by atoms with Gasteiger partial charge in [0.1, 0.15) is 5.75 Å². The highest BCUT2D eigenvalue weighted by Gasteiger charge is 2.21. The zero-order chi connectivity index (χ0) is 12.1. The zero-order valence-electron chi connectivity index (χ0n) is 10.9. The van der Waals surface area contributed by atoms with E-state index >= 15 is 0 Å². The van der Waals surface area contributed by atoms with Crippen molar-refractivity contribution in [2.75, 3.05) is 14.2 Å². The van der Waals surface area contributed by atoms with Gasteiger partial charge in [0, 0.05) is 11.6 Å². The lowest BCUT2D eigenvalue weighted by Gasteiger charge is -2.22. The quantitative estimate of drug-likeness (QED) is 0.840. The molecule has 1 unspecified atom stereocenters. The van der Waals surface area contributed by atoms with E-state index in [0.717, 1.165) is 11.7 Å². The van der Waals surface area contributed by atoms with E-state index in [0.29, 0.717) is 6.04 Å². The number of nitrogens with one attached hydrogen (secondary N) is 1. The van der Waals surface area contributed by atoms with E-state index < -0.39 is 0 Å². The molecule has 1 aliphatic rings. The third kappa shape index (κ3) is 3.01. The molecule has 2 heteroatoms. The van der Waals surface area contributed by atoms with E-state index in [2.05, 4.69) is 17.4 Å². The Labute approximate surface area is 104 Å². The third-order valence-corrected chi connectivity index (χ3v) is 3.91. The summed E-state index contributed by atoms with van der Waals surface area (Å²) in [4.78, 5) is 0. The van der Waals surface area contributed by atoms with Crippen LogP contribution in [0.2, 0.25) is 0 Å².